The van der Waals surface area contributed by atoms with Gasteiger partial charge in [0.1, 0.15) is 12.4 Å². The van der Waals surface area contributed by atoms with Gasteiger partial charge < -0.3 is 9.47 Å². The van der Waals surface area contributed by atoms with Crippen LogP contribution in [0.3, 0.4) is 0 Å². The number of hydrogen-bond donors (Lipinski definition) is 0. The van der Waals surface area contributed by atoms with Gasteiger partial charge in [-0.15, -0.1) is 0 Å². The first-order valence-corrected chi connectivity index (χ1v) is 9.46. The number of nitrogens with zero attached hydrogens (tertiary/aromatic N) is 2. The average molecular weight is 418 g/mol. The van der Waals surface area contributed by atoms with E-state index >= 15 is 0 Å². The molecule has 156 valence electrons. The van der Waals surface area contributed by atoms with Gasteiger partial charge in [0.15, 0.2) is 0 Å². The molecule has 8 heteroatoms. The van der Waals surface area contributed by atoms with Crippen LogP contribution in [0.15, 0.2) is 48.7 Å². The van der Waals surface area contributed by atoms with Gasteiger partial charge in [0.25, 0.3) is 5.78 Å². The number of para-hydroxylation sites is 1. The maximum Gasteiger partial charge on any atom is 0.454 e. The van der Waals surface area contributed by atoms with E-state index in [2.05, 4.69) is 0 Å². The van der Waals surface area contributed by atoms with Crippen molar-refractivity contribution in [2.45, 2.75) is 38.5 Å². The Morgan fingerprint density at radius 1 is 1.13 bits per heavy atom. The normalized spacial score (nSPS) is 16.6. The first-order chi connectivity index (χ1) is 14.2. The number of rotatable bonds is 3. The summed E-state index contributed by atoms with van der Waals surface area (Å²) in [5.74, 6) is -2.68. The molecule has 4 nitrogen and oxygen atoms in total. The van der Waals surface area contributed by atoms with Crippen molar-refractivity contribution in [3.63, 3.8) is 0 Å². The minimum atomic E-state index is -5.01. The lowest BCUT2D eigenvalue weighted by Gasteiger charge is -2.35. The van der Waals surface area contributed by atoms with E-state index < -0.39 is 17.5 Å². The maximum absolute atomic E-state index is 13.6. The second-order valence-corrected chi connectivity index (χ2v) is 7.44. The molecule has 0 N–H and O–H groups in total. The number of hydrogen-bond acceptors (Lipinski definition) is 2. The van der Waals surface area contributed by atoms with Gasteiger partial charge in [0.2, 0.25) is 5.91 Å². The highest BCUT2D eigenvalue weighted by molar-refractivity contribution is 6.11. The van der Waals surface area contributed by atoms with Crippen molar-refractivity contribution in [3.8, 4) is 0 Å². The smallest absolute Gasteiger partial charge is 0.337 e. The SMILES string of the molecule is C[C@@H]1CCc2cc(F)ccc2N1C(=O)Cn1cc(C(=O)C(F)(F)F)c2ccccc21. The number of aryl methyl sites for hydroxylation is 1. The number of halogens is 4. The van der Waals surface area contributed by atoms with Gasteiger partial charge >= 0.3 is 6.18 Å². The van der Waals surface area contributed by atoms with E-state index in [0.717, 1.165) is 6.20 Å². The second kappa shape index (κ2) is 7.27. The molecule has 2 heterocycles. The van der Waals surface area contributed by atoms with Crippen LogP contribution in [-0.2, 0) is 17.8 Å². The van der Waals surface area contributed by atoms with E-state index in [1.807, 2.05) is 6.92 Å². The van der Waals surface area contributed by atoms with Crippen molar-refractivity contribution >= 4 is 28.3 Å². The molecule has 3 aromatic rings. The Labute approximate surface area is 169 Å². The molecule has 1 atom stereocenters. The number of carbonyl (C=O) groups excluding carboxylic acids is 2. The predicted octanol–water partition coefficient (Wildman–Crippen LogP) is 4.89. The Morgan fingerprint density at radius 3 is 2.60 bits per heavy atom. The minimum absolute atomic E-state index is 0.141. The number of carbonyl (C=O) groups is 2. The number of benzene rings is 2. The van der Waals surface area contributed by atoms with E-state index in [0.29, 0.717) is 29.6 Å². The molecule has 4 rings (SSSR count). The summed E-state index contributed by atoms with van der Waals surface area (Å²) in [5, 5.41) is 0.141. The Hall–Kier alpha value is -3.16. The van der Waals surface area contributed by atoms with Crippen molar-refractivity contribution < 1.29 is 27.2 Å². The number of amides is 1. The topological polar surface area (TPSA) is 42.3 Å². The second-order valence-electron chi connectivity index (χ2n) is 7.44. The first-order valence-electron chi connectivity index (χ1n) is 9.46. The lowest BCUT2D eigenvalue weighted by molar-refractivity contribution is -0.119. The first kappa shape index (κ1) is 20.1. The molecule has 0 fully saturated rings. The number of alkyl halides is 3. The van der Waals surface area contributed by atoms with Gasteiger partial charge in [-0.25, -0.2) is 4.39 Å². The molecular weight excluding hydrogens is 400 g/mol. The molecule has 1 amide bonds. The zero-order chi connectivity index (χ0) is 21.6. The van der Waals surface area contributed by atoms with Crippen LogP contribution in [0.1, 0.15) is 29.3 Å². The summed E-state index contributed by atoms with van der Waals surface area (Å²) in [7, 11) is 0. The summed E-state index contributed by atoms with van der Waals surface area (Å²) in [4.78, 5) is 26.6. The Kier molecular flexibility index (Phi) is 4.88. The minimum Gasteiger partial charge on any atom is -0.337 e. The fourth-order valence-electron chi connectivity index (χ4n) is 4.03. The lowest BCUT2D eigenvalue weighted by atomic mass is 9.96. The Bertz CT molecular complexity index is 1150. The van der Waals surface area contributed by atoms with Gasteiger partial charge in [-0.2, -0.15) is 13.2 Å². The van der Waals surface area contributed by atoms with Gasteiger partial charge in [-0.05, 0) is 49.6 Å². The maximum atomic E-state index is 13.6. The quantitative estimate of drug-likeness (QED) is 0.449. The van der Waals surface area contributed by atoms with Crippen LogP contribution in [0.4, 0.5) is 23.2 Å². The molecule has 0 saturated heterocycles. The van der Waals surface area contributed by atoms with Crippen molar-refractivity contribution in [3.05, 3.63) is 65.6 Å². The number of fused-ring (bicyclic) bond motifs is 2. The molecule has 1 aliphatic heterocycles. The summed E-state index contributed by atoms with van der Waals surface area (Å²) >= 11 is 0. The predicted molar refractivity (Wildman–Crippen MR) is 104 cm³/mol. The van der Waals surface area contributed by atoms with Gasteiger partial charge in [0, 0.05) is 28.8 Å². The Morgan fingerprint density at radius 2 is 1.87 bits per heavy atom. The third-order valence-corrected chi connectivity index (χ3v) is 5.44. The molecule has 0 spiro atoms. The summed E-state index contributed by atoms with van der Waals surface area (Å²) < 4.78 is 54.0. The molecule has 0 saturated carbocycles. The van der Waals surface area contributed by atoms with Crippen LogP contribution in [0.5, 0.6) is 0 Å². The molecular formula is C22H18F4N2O2. The lowest BCUT2D eigenvalue weighted by Crippen LogP contribution is -2.43. The zero-order valence-electron chi connectivity index (χ0n) is 16.0. The fourth-order valence-corrected chi connectivity index (χ4v) is 4.03. The van der Waals surface area contributed by atoms with Gasteiger partial charge in [0.05, 0.1) is 5.56 Å². The summed E-state index contributed by atoms with van der Waals surface area (Å²) in [5.41, 5.74) is 1.19. The van der Waals surface area contributed by atoms with Crippen LogP contribution < -0.4 is 4.90 Å². The molecule has 1 aliphatic rings. The Balaban J connectivity index is 1.72. The number of ketones is 1. The zero-order valence-corrected chi connectivity index (χ0v) is 16.0. The van der Waals surface area contributed by atoms with Crippen molar-refractivity contribution in [1.29, 1.82) is 0 Å². The van der Waals surface area contributed by atoms with Crippen LogP contribution in [0.2, 0.25) is 0 Å². The van der Waals surface area contributed by atoms with Crippen LogP contribution >= 0.6 is 0 Å². The summed E-state index contributed by atoms with van der Waals surface area (Å²) in [6, 6.07) is 10.2. The van der Waals surface area contributed by atoms with Crippen molar-refractivity contribution in [1.82, 2.24) is 4.57 Å². The standard InChI is InChI=1S/C22H18F4N2O2/c1-13-6-7-14-10-15(23)8-9-18(14)28(13)20(29)12-27-11-17(21(30)22(24,25)26)16-4-2-3-5-19(16)27/h2-5,8-11,13H,6-7,12H2,1H3/t13-/m1/s1. The van der Waals surface area contributed by atoms with E-state index in [1.54, 1.807) is 29.2 Å². The average Bonchev–Trinajstić information content (AvgIpc) is 3.05. The van der Waals surface area contributed by atoms with E-state index in [1.165, 1.54) is 22.8 Å². The largest absolute Gasteiger partial charge is 0.454 e. The highest BCUT2D eigenvalue weighted by atomic mass is 19.4. The van der Waals surface area contributed by atoms with Gasteiger partial charge in [-0.3, -0.25) is 9.59 Å². The third-order valence-electron chi connectivity index (χ3n) is 5.44. The highest BCUT2D eigenvalue weighted by Gasteiger charge is 2.41. The number of Topliss-reactive ketones (excluding diaryl/α,β-unsaturated/α-hetero) is 1. The van der Waals surface area contributed by atoms with Gasteiger partial charge in [-0.1, -0.05) is 18.2 Å². The van der Waals surface area contributed by atoms with Crippen LogP contribution in [0.25, 0.3) is 10.9 Å². The van der Waals surface area contributed by atoms with E-state index in [-0.39, 0.29) is 29.7 Å². The molecule has 30 heavy (non-hydrogen) atoms. The van der Waals surface area contributed by atoms with Crippen LogP contribution in [-0.4, -0.2) is 28.5 Å². The molecule has 1 aromatic heterocycles. The third kappa shape index (κ3) is 3.46. The van der Waals surface area contributed by atoms with Crippen molar-refractivity contribution in [2.24, 2.45) is 0 Å². The number of aromatic nitrogens is 1. The highest BCUT2D eigenvalue weighted by Crippen LogP contribution is 2.33. The summed E-state index contributed by atoms with van der Waals surface area (Å²) in [6.07, 6.45) is -2.65. The molecule has 0 unspecified atom stereocenters. The van der Waals surface area contributed by atoms with Crippen LogP contribution in [0, 0.1) is 5.82 Å². The molecule has 0 bridgehead atoms. The monoisotopic (exact) mass is 418 g/mol. The summed E-state index contributed by atoms with van der Waals surface area (Å²) in [6.45, 7) is 1.63. The fraction of sp³-hybridized carbons (Fsp3) is 0.273. The van der Waals surface area contributed by atoms with E-state index in [9.17, 15) is 27.2 Å². The van der Waals surface area contributed by atoms with E-state index in [4.69, 9.17) is 0 Å². The molecule has 0 radical (unpaired) electrons. The number of anilines is 1. The van der Waals surface area contributed by atoms with Crippen molar-refractivity contribution in [2.75, 3.05) is 4.90 Å². The molecule has 2 aromatic carbocycles. The molecule has 0 aliphatic carbocycles.